The Hall–Kier alpha value is -1.91. The number of rotatable bonds is 3. The van der Waals surface area contributed by atoms with Crippen molar-refractivity contribution in [1.29, 1.82) is 0 Å². The second-order valence-electron chi connectivity index (χ2n) is 11.3. The summed E-state index contributed by atoms with van der Waals surface area (Å²) in [6.45, 7) is 7.70. The van der Waals surface area contributed by atoms with Gasteiger partial charge in [0.1, 0.15) is 5.82 Å². The molecule has 1 aromatic carbocycles. The number of likely N-dealkylation sites (tertiary alicyclic amines) is 1. The van der Waals surface area contributed by atoms with Gasteiger partial charge in [0.15, 0.2) is 0 Å². The van der Waals surface area contributed by atoms with Gasteiger partial charge in [0, 0.05) is 24.9 Å². The summed E-state index contributed by atoms with van der Waals surface area (Å²) in [5.41, 5.74) is 0.467. The molecule has 0 aromatic heterocycles. The number of fused-ring (bicyclic) bond motifs is 5. The van der Waals surface area contributed by atoms with Crippen LogP contribution in [0.3, 0.4) is 0 Å². The molecule has 0 bridgehead atoms. The zero-order chi connectivity index (χ0) is 22.7. The molecule has 2 amide bonds. The van der Waals surface area contributed by atoms with Crippen LogP contribution in [0.15, 0.2) is 24.3 Å². The third-order valence-corrected chi connectivity index (χ3v) is 10.2. The van der Waals surface area contributed by atoms with E-state index < -0.39 is 0 Å². The van der Waals surface area contributed by atoms with Gasteiger partial charge in [0.05, 0.1) is 5.69 Å². The van der Waals surface area contributed by atoms with Crippen LogP contribution >= 0.6 is 0 Å². The maximum Gasteiger partial charge on any atom is 0.228 e. The summed E-state index contributed by atoms with van der Waals surface area (Å²) in [5.74, 6) is 1.70. The number of piperidine rings is 1. The molecule has 5 rings (SSSR count). The second kappa shape index (κ2) is 7.85. The Labute approximate surface area is 191 Å². The Bertz CT molecular complexity index is 919. The van der Waals surface area contributed by atoms with Crippen LogP contribution in [-0.4, -0.2) is 29.3 Å². The number of nitrogens with one attached hydrogen (secondary N) is 1. The van der Waals surface area contributed by atoms with Crippen LogP contribution in [0.5, 0.6) is 0 Å². The van der Waals surface area contributed by atoms with Gasteiger partial charge >= 0.3 is 0 Å². The molecule has 0 radical (unpaired) electrons. The molecule has 0 unspecified atom stereocenters. The predicted molar refractivity (Wildman–Crippen MR) is 123 cm³/mol. The van der Waals surface area contributed by atoms with Gasteiger partial charge in [-0.2, -0.15) is 0 Å². The molecule has 32 heavy (non-hydrogen) atoms. The van der Waals surface area contributed by atoms with Crippen LogP contribution in [0.1, 0.15) is 72.1 Å². The lowest BCUT2D eigenvalue weighted by atomic mass is 9.47. The Morgan fingerprint density at radius 1 is 1.06 bits per heavy atom. The molecule has 0 spiro atoms. The molecule has 3 aliphatic carbocycles. The fraction of sp³-hybridized carbons (Fsp3) is 0.704. The van der Waals surface area contributed by atoms with Crippen molar-refractivity contribution in [3.8, 4) is 0 Å². The minimum Gasteiger partial charge on any atom is -0.339 e. The molecule has 4 fully saturated rings. The Morgan fingerprint density at radius 2 is 1.81 bits per heavy atom. The molecule has 1 saturated heterocycles. The van der Waals surface area contributed by atoms with Crippen molar-refractivity contribution in [2.24, 2.45) is 34.5 Å². The first-order valence-electron chi connectivity index (χ1n) is 12.6. The number of carbonyl (C=O) groups is 2. The lowest BCUT2D eigenvalue weighted by Gasteiger charge is -2.62. The molecular formula is C27H37FN2O2. The van der Waals surface area contributed by atoms with E-state index >= 15 is 0 Å². The van der Waals surface area contributed by atoms with Crippen LogP contribution in [0.2, 0.25) is 0 Å². The molecule has 3 saturated carbocycles. The number of amides is 2. The van der Waals surface area contributed by atoms with Gasteiger partial charge in [-0.3, -0.25) is 9.59 Å². The minimum absolute atomic E-state index is 0.0149. The fourth-order valence-electron chi connectivity index (χ4n) is 8.60. The minimum atomic E-state index is -0.372. The summed E-state index contributed by atoms with van der Waals surface area (Å²) >= 11 is 0. The highest BCUT2D eigenvalue weighted by molar-refractivity contribution is 5.93. The van der Waals surface area contributed by atoms with Gasteiger partial charge in [0.25, 0.3) is 0 Å². The van der Waals surface area contributed by atoms with E-state index in [2.05, 4.69) is 31.0 Å². The van der Waals surface area contributed by atoms with E-state index in [0.717, 1.165) is 51.5 Å². The van der Waals surface area contributed by atoms with Crippen molar-refractivity contribution in [3.63, 3.8) is 0 Å². The largest absolute Gasteiger partial charge is 0.339 e. The summed E-state index contributed by atoms with van der Waals surface area (Å²) in [6.07, 6.45) is 8.12. The van der Waals surface area contributed by atoms with E-state index in [0.29, 0.717) is 36.1 Å². The average molecular weight is 441 g/mol. The monoisotopic (exact) mass is 440 g/mol. The second-order valence-corrected chi connectivity index (χ2v) is 11.3. The predicted octanol–water partition coefficient (Wildman–Crippen LogP) is 5.63. The van der Waals surface area contributed by atoms with Crippen LogP contribution in [0, 0.1) is 40.3 Å². The van der Waals surface area contributed by atoms with E-state index in [-0.39, 0.29) is 34.2 Å². The van der Waals surface area contributed by atoms with E-state index in [4.69, 9.17) is 0 Å². The quantitative estimate of drug-likeness (QED) is 0.662. The average Bonchev–Trinajstić information content (AvgIpc) is 3.13. The van der Waals surface area contributed by atoms with Crippen molar-refractivity contribution in [1.82, 2.24) is 4.90 Å². The first-order chi connectivity index (χ1) is 15.3. The van der Waals surface area contributed by atoms with Gasteiger partial charge in [-0.1, -0.05) is 26.0 Å². The van der Waals surface area contributed by atoms with Crippen molar-refractivity contribution < 1.29 is 14.0 Å². The number of para-hydroxylation sites is 1. The summed E-state index contributed by atoms with van der Waals surface area (Å²) in [5, 5.41) is 2.90. The molecule has 174 valence electrons. The van der Waals surface area contributed by atoms with E-state index in [9.17, 15) is 14.0 Å². The number of carbonyl (C=O) groups excluding carboxylic acids is 2. The topological polar surface area (TPSA) is 49.4 Å². The highest BCUT2D eigenvalue weighted by Gasteiger charge is 2.62. The maximum absolute atomic E-state index is 14.1. The highest BCUT2D eigenvalue weighted by Crippen LogP contribution is 2.66. The van der Waals surface area contributed by atoms with Crippen molar-refractivity contribution in [2.45, 2.75) is 78.2 Å². The number of nitrogens with zero attached hydrogens (tertiary/aromatic N) is 1. The lowest BCUT2D eigenvalue weighted by molar-refractivity contribution is -0.161. The number of hydrogen-bond donors (Lipinski definition) is 1. The molecule has 4 aliphatic rings. The molecule has 1 N–H and O–H groups in total. The van der Waals surface area contributed by atoms with Crippen molar-refractivity contribution in [2.75, 3.05) is 11.9 Å². The maximum atomic E-state index is 14.1. The summed E-state index contributed by atoms with van der Waals surface area (Å²) < 4.78 is 14.1. The summed E-state index contributed by atoms with van der Waals surface area (Å²) in [4.78, 5) is 28.0. The first kappa shape index (κ1) is 21.9. The Morgan fingerprint density at radius 3 is 2.56 bits per heavy atom. The SMILES string of the molecule is CCN1C(=O)CC[C@]2(C)[C@H]3CC[C@]4(C)[C@@H](C(=O)Nc5ccccc5F)CC[C@H]4[C@@H]3CC[C@@H]12. The zero-order valence-electron chi connectivity index (χ0n) is 19.7. The fourth-order valence-corrected chi connectivity index (χ4v) is 8.60. The zero-order valence-corrected chi connectivity index (χ0v) is 19.7. The number of anilines is 1. The van der Waals surface area contributed by atoms with Crippen molar-refractivity contribution >= 4 is 17.5 Å². The van der Waals surface area contributed by atoms with Gasteiger partial charge in [-0.15, -0.1) is 0 Å². The van der Waals surface area contributed by atoms with Crippen molar-refractivity contribution in [3.05, 3.63) is 30.1 Å². The van der Waals surface area contributed by atoms with Gasteiger partial charge in [-0.05, 0) is 92.6 Å². The third-order valence-electron chi connectivity index (χ3n) is 10.2. The van der Waals surface area contributed by atoms with Gasteiger partial charge in [-0.25, -0.2) is 4.39 Å². The standard InChI is InChI=1S/C27H37FN2O2/c1-4-30-23-12-9-17-18-10-11-20(25(32)29-22-8-6-5-7-21(22)28)26(18,2)15-13-19(17)27(23,3)16-14-24(30)31/h5-8,17-20,23H,4,9-16H2,1-3H3,(H,29,32)/t17-,18-,19-,20+,23+,26-,27+/m0/s1. The molecule has 7 atom stereocenters. The van der Waals surface area contributed by atoms with Gasteiger partial charge < -0.3 is 10.2 Å². The lowest BCUT2D eigenvalue weighted by Crippen LogP contribution is -2.62. The molecular weight excluding hydrogens is 403 g/mol. The molecule has 4 nitrogen and oxygen atoms in total. The molecule has 1 aliphatic heterocycles. The van der Waals surface area contributed by atoms with Crippen LogP contribution in [-0.2, 0) is 9.59 Å². The highest BCUT2D eigenvalue weighted by atomic mass is 19.1. The van der Waals surface area contributed by atoms with E-state index in [1.54, 1.807) is 18.2 Å². The Balaban J connectivity index is 1.37. The molecule has 1 aromatic rings. The number of benzene rings is 1. The Kier molecular flexibility index (Phi) is 5.37. The van der Waals surface area contributed by atoms with Crippen LogP contribution in [0.25, 0.3) is 0 Å². The smallest absolute Gasteiger partial charge is 0.228 e. The third kappa shape index (κ3) is 3.13. The summed E-state index contributed by atoms with van der Waals surface area (Å²) in [6, 6.07) is 6.82. The van der Waals surface area contributed by atoms with Gasteiger partial charge in [0.2, 0.25) is 11.8 Å². The van der Waals surface area contributed by atoms with E-state index in [1.807, 2.05) is 0 Å². The number of hydrogen-bond acceptors (Lipinski definition) is 2. The first-order valence-corrected chi connectivity index (χ1v) is 12.6. The number of halogens is 1. The molecule has 1 heterocycles. The molecule has 5 heteroatoms. The van der Waals surface area contributed by atoms with Crippen LogP contribution < -0.4 is 5.32 Å². The normalized spacial score (nSPS) is 40.9. The van der Waals surface area contributed by atoms with E-state index in [1.165, 1.54) is 6.07 Å². The van der Waals surface area contributed by atoms with Crippen LogP contribution in [0.4, 0.5) is 10.1 Å². The summed E-state index contributed by atoms with van der Waals surface area (Å²) in [7, 11) is 0.